The quantitative estimate of drug-likeness (QED) is 0.652. The number of halogens is 2. The molecule has 152 valence electrons. The predicted molar refractivity (Wildman–Crippen MR) is 112 cm³/mol. The zero-order valence-electron chi connectivity index (χ0n) is 15.8. The second kappa shape index (κ2) is 9.60. The SMILES string of the molecule is CCN(CC)S(=O)(=O)c1cccc(NC(=O)C(C)Oc2cccc(Cl)c2Cl)c1. The van der Waals surface area contributed by atoms with Crippen molar-refractivity contribution in [3.63, 3.8) is 0 Å². The number of nitrogens with one attached hydrogen (secondary N) is 1. The van der Waals surface area contributed by atoms with E-state index in [-0.39, 0.29) is 15.7 Å². The Hall–Kier alpha value is -1.80. The molecule has 1 amide bonds. The number of sulfonamides is 1. The second-order valence-electron chi connectivity index (χ2n) is 5.92. The smallest absolute Gasteiger partial charge is 0.265 e. The summed E-state index contributed by atoms with van der Waals surface area (Å²) in [7, 11) is -3.62. The van der Waals surface area contributed by atoms with E-state index in [2.05, 4.69) is 5.32 Å². The maximum absolute atomic E-state index is 12.6. The Morgan fingerprint density at radius 1 is 1.14 bits per heavy atom. The van der Waals surface area contributed by atoms with Gasteiger partial charge < -0.3 is 10.1 Å². The molecular weight excluding hydrogens is 423 g/mol. The van der Waals surface area contributed by atoms with Gasteiger partial charge in [0.25, 0.3) is 5.91 Å². The van der Waals surface area contributed by atoms with Crippen molar-refractivity contribution in [2.45, 2.75) is 31.8 Å². The van der Waals surface area contributed by atoms with Crippen LogP contribution >= 0.6 is 23.2 Å². The summed E-state index contributed by atoms with van der Waals surface area (Å²) in [6.45, 7) is 5.82. The summed E-state index contributed by atoms with van der Waals surface area (Å²) in [4.78, 5) is 12.6. The first-order valence-corrected chi connectivity index (χ1v) is 10.9. The molecule has 0 saturated heterocycles. The van der Waals surface area contributed by atoms with Gasteiger partial charge in [-0.3, -0.25) is 4.79 Å². The monoisotopic (exact) mass is 444 g/mol. The topological polar surface area (TPSA) is 75.7 Å². The van der Waals surface area contributed by atoms with Crippen LogP contribution in [-0.2, 0) is 14.8 Å². The molecule has 0 bridgehead atoms. The zero-order valence-corrected chi connectivity index (χ0v) is 18.1. The number of anilines is 1. The molecule has 1 atom stereocenters. The second-order valence-corrected chi connectivity index (χ2v) is 8.64. The van der Waals surface area contributed by atoms with E-state index in [1.807, 2.05) is 0 Å². The number of carbonyl (C=O) groups is 1. The Bertz CT molecular complexity index is 947. The minimum atomic E-state index is -3.62. The zero-order chi connectivity index (χ0) is 20.9. The average Bonchev–Trinajstić information content (AvgIpc) is 2.66. The molecule has 0 aliphatic heterocycles. The molecule has 6 nitrogen and oxygen atoms in total. The molecule has 2 rings (SSSR count). The first-order valence-electron chi connectivity index (χ1n) is 8.72. The predicted octanol–water partition coefficient (Wildman–Crippen LogP) is 4.43. The standard InChI is InChI=1S/C19H22Cl2N2O4S/c1-4-23(5-2)28(25,26)15-9-6-8-14(12-15)22-19(24)13(3)27-17-11-7-10-16(20)18(17)21/h6-13H,4-5H2,1-3H3,(H,22,24). The van der Waals surface area contributed by atoms with Crippen molar-refractivity contribution in [2.24, 2.45) is 0 Å². The summed E-state index contributed by atoms with van der Waals surface area (Å²) in [5.41, 5.74) is 0.353. The molecule has 1 N–H and O–H groups in total. The van der Waals surface area contributed by atoms with Crippen LogP contribution < -0.4 is 10.1 Å². The van der Waals surface area contributed by atoms with Crippen molar-refractivity contribution in [3.05, 3.63) is 52.5 Å². The molecular formula is C19H22Cl2N2O4S. The van der Waals surface area contributed by atoms with Crippen molar-refractivity contribution in [1.29, 1.82) is 0 Å². The third kappa shape index (κ3) is 5.17. The van der Waals surface area contributed by atoms with Crippen molar-refractivity contribution >= 4 is 44.8 Å². The van der Waals surface area contributed by atoms with Gasteiger partial charge in [-0.05, 0) is 37.3 Å². The lowest BCUT2D eigenvalue weighted by Gasteiger charge is -2.19. The third-order valence-corrected chi connectivity index (χ3v) is 6.88. The highest BCUT2D eigenvalue weighted by molar-refractivity contribution is 7.89. The van der Waals surface area contributed by atoms with Crippen molar-refractivity contribution in [2.75, 3.05) is 18.4 Å². The maximum Gasteiger partial charge on any atom is 0.265 e. The fourth-order valence-electron chi connectivity index (χ4n) is 2.51. The van der Waals surface area contributed by atoms with E-state index in [0.29, 0.717) is 23.8 Å². The van der Waals surface area contributed by atoms with E-state index >= 15 is 0 Å². The van der Waals surface area contributed by atoms with Gasteiger partial charge in [0.05, 0.1) is 9.92 Å². The normalized spacial score (nSPS) is 12.6. The Morgan fingerprint density at radius 3 is 2.43 bits per heavy atom. The summed E-state index contributed by atoms with van der Waals surface area (Å²) in [5, 5.41) is 3.20. The summed E-state index contributed by atoms with van der Waals surface area (Å²) in [5.74, 6) is -0.164. The van der Waals surface area contributed by atoms with Crippen molar-refractivity contribution in [1.82, 2.24) is 4.31 Å². The molecule has 0 aromatic heterocycles. The van der Waals surface area contributed by atoms with Gasteiger partial charge in [-0.15, -0.1) is 0 Å². The van der Waals surface area contributed by atoms with Crippen LogP contribution in [0.2, 0.25) is 10.0 Å². The van der Waals surface area contributed by atoms with Crippen LogP contribution in [0, 0.1) is 0 Å². The molecule has 0 aliphatic rings. The number of amides is 1. The highest BCUT2D eigenvalue weighted by atomic mass is 35.5. The Labute approximate surface area is 175 Å². The van der Waals surface area contributed by atoms with Crippen LogP contribution in [0.25, 0.3) is 0 Å². The van der Waals surface area contributed by atoms with Crippen molar-refractivity contribution in [3.8, 4) is 5.75 Å². The minimum absolute atomic E-state index is 0.112. The summed E-state index contributed by atoms with van der Waals surface area (Å²) < 4.78 is 32.2. The maximum atomic E-state index is 12.6. The minimum Gasteiger partial charge on any atom is -0.479 e. The number of hydrogen-bond acceptors (Lipinski definition) is 4. The van der Waals surface area contributed by atoms with Gasteiger partial charge in [0.1, 0.15) is 10.8 Å². The highest BCUT2D eigenvalue weighted by Gasteiger charge is 2.23. The van der Waals surface area contributed by atoms with Crippen molar-refractivity contribution < 1.29 is 17.9 Å². The number of nitrogens with zero attached hydrogens (tertiary/aromatic N) is 1. The van der Waals surface area contributed by atoms with Crippen LogP contribution in [0.3, 0.4) is 0 Å². The lowest BCUT2D eigenvalue weighted by atomic mass is 10.3. The number of hydrogen-bond donors (Lipinski definition) is 1. The van der Waals surface area contributed by atoms with E-state index in [4.69, 9.17) is 27.9 Å². The van der Waals surface area contributed by atoms with Gasteiger partial charge in [0.15, 0.2) is 6.10 Å². The molecule has 0 radical (unpaired) electrons. The van der Waals surface area contributed by atoms with E-state index in [0.717, 1.165) is 0 Å². The lowest BCUT2D eigenvalue weighted by Crippen LogP contribution is -2.31. The van der Waals surface area contributed by atoms with E-state index < -0.39 is 22.0 Å². The third-order valence-electron chi connectivity index (χ3n) is 4.03. The van der Waals surface area contributed by atoms with Gasteiger partial charge in [0.2, 0.25) is 10.0 Å². The largest absolute Gasteiger partial charge is 0.479 e. The van der Waals surface area contributed by atoms with E-state index in [1.54, 1.807) is 51.1 Å². The Balaban J connectivity index is 2.15. The lowest BCUT2D eigenvalue weighted by molar-refractivity contribution is -0.122. The van der Waals surface area contributed by atoms with Gasteiger partial charge in [-0.2, -0.15) is 4.31 Å². The molecule has 9 heteroatoms. The van der Waals surface area contributed by atoms with E-state index in [1.165, 1.54) is 16.4 Å². The Kier molecular flexibility index (Phi) is 7.71. The number of ether oxygens (including phenoxy) is 1. The fourth-order valence-corrected chi connectivity index (χ4v) is 4.35. The van der Waals surface area contributed by atoms with Crippen LogP contribution in [0.1, 0.15) is 20.8 Å². The molecule has 2 aromatic rings. The van der Waals surface area contributed by atoms with Gasteiger partial charge in [-0.25, -0.2) is 8.42 Å². The number of benzene rings is 2. The summed E-state index contributed by atoms with van der Waals surface area (Å²) in [6.07, 6.45) is -0.876. The highest BCUT2D eigenvalue weighted by Crippen LogP contribution is 2.32. The molecule has 0 saturated carbocycles. The number of rotatable bonds is 8. The molecule has 0 heterocycles. The fraction of sp³-hybridized carbons (Fsp3) is 0.316. The molecule has 0 fully saturated rings. The summed E-state index contributed by atoms with van der Waals surface area (Å²) in [6, 6.07) is 11.0. The van der Waals surface area contributed by atoms with Gasteiger partial charge in [-0.1, -0.05) is 49.2 Å². The molecule has 28 heavy (non-hydrogen) atoms. The molecule has 0 aliphatic carbocycles. The van der Waals surface area contributed by atoms with E-state index in [9.17, 15) is 13.2 Å². The molecule has 1 unspecified atom stereocenters. The summed E-state index contributed by atoms with van der Waals surface area (Å²) >= 11 is 12.0. The van der Waals surface area contributed by atoms with Gasteiger partial charge >= 0.3 is 0 Å². The number of carbonyl (C=O) groups excluding carboxylic acids is 1. The van der Waals surface area contributed by atoms with Crippen LogP contribution in [0.5, 0.6) is 5.75 Å². The first-order chi connectivity index (χ1) is 13.2. The van der Waals surface area contributed by atoms with Gasteiger partial charge in [0, 0.05) is 18.8 Å². The first kappa shape index (κ1) is 22.5. The Morgan fingerprint density at radius 2 is 1.79 bits per heavy atom. The average molecular weight is 445 g/mol. The molecule has 0 spiro atoms. The van der Waals surface area contributed by atoms with Crippen LogP contribution in [-0.4, -0.2) is 37.8 Å². The van der Waals surface area contributed by atoms with Crippen LogP contribution in [0.4, 0.5) is 5.69 Å². The molecule has 2 aromatic carbocycles. The van der Waals surface area contributed by atoms with Crippen LogP contribution in [0.15, 0.2) is 47.4 Å².